The molecule has 1 aliphatic rings. The molecule has 162 valence electrons. The molecule has 0 radical (unpaired) electrons. The van der Waals surface area contributed by atoms with E-state index in [1.165, 1.54) is 0 Å². The van der Waals surface area contributed by atoms with E-state index >= 15 is 0 Å². The average Bonchev–Trinajstić information content (AvgIpc) is 3.23. The molecule has 0 bridgehead atoms. The summed E-state index contributed by atoms with van der Waals surface area (Å²) in [6.45, 7) is 2.15. The molecular formula is C22H22BrClN4O3. The minimum absolute atomic E-state index is 0.0104. The summed E-state index contributed by atoms with van der Waals surface area (Å²) in [6, 6.07) is 13.0. The van der Waals surface area contributed by atoms with Crippen molar-refractivity contribution < 1.29 is 14.1 Å². The number of carbonyl (C=O) groups is 1. The van der Waals surface area contributed by atoms with Crippen molar-refractivity contribution in [2.24, 2.45) is 5.92 Å². The first-order valence-electron chi connectivity index (χ1n) is 9.97. The number of hydrogen-bond donors (Lipinski definition) is 1. The van der Waals surface area contributed by atoms with Gasteiger partial charge >= 0.3 is 0 Å². The molecule has 1 aromatic heterocycles. The molecule has 1 amide bonds. The molecular weight excluding hydrogens is 484 g/mol. The van der Waals surface area contributed by atoms with E-state index in [2.05, 4.69) is 36.3 Å². The lowest BCUT2D eigenvalue weighted by molar-refractivity contribution is -0.121. The number of aromatic nitrogens is 2. The normalized spacial score (nSPS) is 15.1. The Morgan fingerprint density at radius 2 is 2.00 bits per heavy atom. The number of benzene rings is 2. The number of anilines is 1. The molecule has 0 spiro atoms. The number of nitrogens with one attached hydrogen (secondary N) is 1. The lowest BCUT2D eigenvalue weighted by Crippen LogP contribution is -2.37. The van der Waals surface area contributed by atoms with E-state index in [1.54, 1.807) is 25.3 Å². The van der Waals surface area contributed by atoms with Crippen molar-refractivity contribution in [3.63, 3.8) is 0 Å². The Kier molecular flexibility index (Phi) is 6.89. The topological polar surface area (TPSA) is 80.5 Å². The van der Waals surface area contributed by atoms with Crippen molar-refractivity contribution in [2.75, 3.05) is 25.5 Å². The Morgan fingerprint density at radius 3 is 2.68 bits per heavy atom. The third-order valence-corrected chi connectivity index (χ3v) is 6.13. The highest BCUT2D eigenvalue weighted by Gasteiger charge is 2.26. The molecule has 3 aromatic rings. The summed E-state index contributed by atoms with van der Waals surface area (Å²) in [7, 11) is 1.56. The summed E-state index contributed by atoms with van der Waals surface area (Å²) < 4.78 is 11.6. The van der Waals surface area contributed by atoms with Crippen LogP contribution in [0.15, 0.2) is 51.5 Å². The third-order valence-electron chi connectivity index (χ3n) is 5.31. The van der Waals surface area contributed by atoms with Gasteiger partial charge in [0.1, 0.15) is 5.75 Å². The van der Waals surface area contributed by atoms with Gasteiger partial charge in [0, 0.05) is 21.6 Å². The van der Waals surface area contributed by atoms with Gasteiger partial charge in [-0.3, -0.25) is 9.69 Å². The van der Waals surface area contributed by atoms with Crippen LogP contribution in [0.3, 0.4) is 0 Å². The summed E-state index contributed by atoms with van der Waals surface area (Å²) in [5, 5.41) is 7.50. The Bertz CT molecular complexity index is 1050. The zero-order chi connectivity index (χ0) is 21.8. The van der Waals surface area contributed by atoms with E-state index in [1.807, 2.05) is 24.3 Å². The van der Waals surface area contributed by atoms with Gasteiger partial charge in [0.05, 0.1) is 18.7 Å². The smallest absolute Gasteiger partial charge is 0.241 e. The standard InChI is InChI=1S/C22H22BrClN4O3/c1-30-19-7-6-17(12-18(19)24)25-22(29)15-8-10-28(11-9-15)13-20-26-21(27-31-20)14-2-4-16(23)5-3-14/h2-7,12,15H,8-11,13H2,1H3,(H,25,29). The largest absolute Gasteiger partial charge is 0.495 e. The van der Waals surface area contributed by atoms with E-state index in [0.717, 1.165) is 36.0 Å². The molecule has 1 aliphatic heterocycles. The van der Waals surface area contributed by atoms with Crippen LogP contribution in [-0.4, -0.2) is 41.1 Å². The number of piperidine rings is 1. The highest BCUT2D eigenvalue weighted by atomic mass is 79.9. The second-order valence-corrected chi connectivity index (χ2v) is 8.73. The number of likely N-dealkylation sites (tertiary alicyclic amines) is 1. The van der Waals surface area contributed by atoms with Crippen LogP contribution in [0.5, 0.6) is 5.75 Å². The summed E-state index contributed by atoms with van der Waals surface area (Å²) in [5.41, 5.74) is 1.58. The molecule has 0 saturated carbocycles. The Labute approximate surface area is 193 Å². The molecule has 7 nitrogen and oxygen atoms in total. The number of hydrogen-bond acceptors (Lipinski definition) is 6. The minimum Gasteiger partial charge on any atom is -0.495 e. The van der Waals surface area contributed by atoms with E-state index in [-0.39, 0.29) is 11.8 Å². The summed E-state index contributed by atoms with van der Waals surface area (Å²) in [5.74, 6) is 1.70. The highest BCUT2D eigenvalue weighted by molar-refractivity contribution is 9.10. The SMILES string of the molecule is COc1ccc(NC(=O)C2CCN(Cc3nc(-c4ccc(Br)cc4)no3)CC2)cc1Cl. The second kappa shape index (κ2) is 9.80. The van der Waals surface area contributed by atoms with Gasteiger partial charge in [-0.25, -0.2) is 0 Å². The first kappa shape index (κ1) is 21.8. The van der Waals surface area contributed by atoms with Gasteiger partial charge < -0.3 is 14.6 Å². The predicted molar refractivity (Wildman–Crippen MR) is 122 cm³/mol. The van der Waals surface area contributed by atoms with Crippen LogP contribution in [0.4, 0.5) is 5.69 Å². The molecule has 9 heteroatoms. The lowest BCUT2D eigenvalue weighted by atomic mass is 9.96. The Morgan fingerprint density at radius 1 is 1.26 bits per heavy atom. The molecule has 0 unspecified atom stereocenters. The fourth-order valence-corrected chi connectivity index (χ4v) is 4.09. The van der Waals surface area contributed by atoms with Crippen LogP contribution in [0.2, 0.25) is 5.02 Å². The van der Waals surface area contributed by atoms with Gasteiger partial charge in [-0.15, -0.1) is 0 Å². The number of methoxy groups -OCH3 is 1. The maximum Gasteiger partial charge on any atom is 0.241 e. The Hall–Kier alpha value is -2.42. The van der Waals surface area contributed by atoms with Crippen molar-refractivity contribution in [1.29, 1.82) is 0 Å². The monoisotopic (exact) mass is 504 g/mol. The van der Waals surface area contributed by atoms with Crippen molar-refractivity contribution >= 4 is 39.1 Å². The lowest BCUT2D eigenvalue weighted by Gasteiger charge is -2.30. The zero-order valence-electron chi connectivity index (χ0n) is 17.0. The number of nitrogens with zero attached hydrogens (tertiary/aromatic N) is 3. The molecule has 1 N–H and O–H groups in total. The van der Waals surface area contributed by atoms with Gasteiger partial charge in [-0.2, -0.15) is 4.98 Å². The summed E-state index contributed by atoms with van der Waals surface area (Å²) in [4.78, 5) is 19.4. The average molecular weight is 506 g/mol. The molecule has 0 atom stereocenters. The van der Waals surface area contributed by atoms with E-state index in [9.17, 15) is 4.79 Å². The van der Waals surface area contributed by atoms with Gasteiger partial charge in [-0.1, -0.05) is 32.7 Å². The predicted octanol–water partition coefficient (Wildman–Crippen LogP) is 5.01. The highest BCUT2D eigenvalue weighted by Crippen LogP contribution is 2.28. The van der Waals surface area contributed by atoms with Gasteiger partial charge in [0.15, 0.2) is 0 Å². The number of halogens is 2. The van der Waals surface area contributed by atoms with Crippen LogP contribution in [0.25, 0.3) is 11.4 Å². The number of ether oxygens (including phenoxy) is 1. The van der Waals surface area contributed by atoms with Crippen molar-refractivity contribution in [3.8, 4) is 17.1 Å². The molecule has 2 aromatic carbocycles. The summed E-state index contributed by atoms with van der Waals surface area (Å²) >= 11 is 9.56. The number of carbonyl (C=O) groups excluding carboxylic acids is 1. The van der Waals surface area contributed by atoms with Gasteiger partial charge in [-0.05, 0) is 68.4 Å². The van der Waals surface area contributed by atoms with Crippen LogP contribution >= 0.6 is 27.5 Å². The number of rotatable bonds is 6. The zero-order valence-corrected chi connectivity index (χ0v) is 19.3. The second-order valence-electron chi connectivity index (χ2n) is 7.41. The summed E-state index contributed by atoms with van der Waals surface area (Å²) in [6.07, 6.45) is 1.53. The fraction of sp³-hybridized carbons (Fsp3) is 0.318. The van der Waals surface area contributed by atoms with E-state index in [0.29, 0.717) is 34.7 Å². The molecule has 0 aliphatic carbocycles. The van der Waals surface area contributed by atoms with Gasteiger partial charge in [0.25, 0.3) is 0 Å². The Balaban J connectivity index is 1.28. The minimum atomic E-state index is -0.0434. The van der Waals surface area contributed by atoms with Crippen LogP contribution < -0.4 is 10.1 Å². The van der Waals surface area contributed by atoms with Crippen molar-refractivity contribution in [1.82, 2.24) is 15.0 Å². The van der Waals surface area contributed by atoms with Crippen molar-refractivity contribution in [3.05, 3.63) is 57.9 Å². The van der Waals surface area contributed by atoms with Crippen LogP contribution in [-0.2, 0) is 11.3 Å². The maximum absolute atomic E-state index is 12.6. The molecule has 1 saturated heterocycles. The molecule has 1 fully saturated rings. The molecule has 31 heavy (non-hydrogen) atoms. The quantitative estimate of drug-likeness (QED) is 0.507. The first-order chi connectivity index (χ1) is 15.0. The van der Waals surface area contributed by atoms with E-state index < -0.39 is 0 Å². The van der Waals surface area contributed by atoms with E-state index in [4.69, 9.17) is 20.9 Å². The number of amides is 1. The van der Waals surface area contributed by atoms with Crippen LogP contribution in [0, 0.1) is 5.92 Å². The maximum atomic E-state index is 12.6. The van der Waals surface area contributed by atoms with Crippen LogP contribution in [0.1, 0.15) is 18.7 Å². The first-order valence-corrected chi connectivity index (χ1v) is 11.1. The molecule has 4 rings (SSSR count). The van der Waals surface area contributed by atoms with Crippen molar-refractivity contribution in [2.45, 2.75) is 19.4 Å². The third kappa shape index (κ3) is 5.44. The molecule has 2 heterocycles. The van der Waals surface area contributed by atoms with Gasteiger partial charge in [0.2, 0.25) is 17.6 Å². The fourth-order valence-electron chi connectivity index (χ4n) is 3.57.